The number of aliphatic hydroxyl groups excluding tert-OH is 1. The van der Waals surface area contributed by atoms with E-state index in [-0.39, 0.29) is 6.61 Å². The number of β-amino-alcohol motifs (C(OH)–C–C–N with tert-alkyl or cyclic N) is 1. The van der Waals surface area contributed by atoms with Gasteiger partial charge in [0, 0.05) is 45.0 Å². The van der Waals surface area contributed by atoms with Crippen LogP contribution in [0.1, 0.15) is 5.56 Å². The molecule has 0 aliphatic carbocycles. The highest BCUT2D eigenvalue weighted by Crippen LogP contribution is 2.27. The fourth-order valence-corrected chi connectivity index (χ4v) is 4.40. The Bertz CT molecular complexity index is 610. The first kappa shape index (κ1) is 14.8. The number of benzene rings is 1. The third-order valence-corrected chi connectivity index (χ3v) is 6.07. The van der Waals surface area contributed by atoms with E-state index in [1.807, 2.05) is 6.07 Å². The van der Waals surface area contributed by atoms with Gasteiger partial charge in [-0.1, -0.05) is 0 Å². The first-order valence-corrected chi connectivity index (χ1v) is 8.75. The predicted molar refractivity (Wildman–Crippen MR) is 80.9 cm³/mol. The lowest BCUT2D eigenvalue weighted by atomic mass is 10.2. The Hall–Kier alpha value is -1.15. The maximum Gasteiger partial charge on any atom is 0.243 e. The second-order valence-electron chi connectivity index (χ2n) is 5.47. The van der Waals surface area contributed by atoms with Crippen LogP contribution in [-0.2, 0) is 16.4 Å². The van der Waals surface area contributed by atoms with Gasteiger partial charge in [0.2, 0.25) is 10.0 Å². The summed E-state index contributed by atoms with van der Waals surface area (Å²) >= 11 is 0. The van der Waals surface area contributed by atoms with Crippen LogP contribution < -0.4 is 5.32 Å². The number of fused-ring (bicyclic) bond motifs is 1. The number of hydrogen-bond donors (Lipinski definition) is 2. The molecule has 0 atom stereocenters. The van der Waals surface area contributed by atoms with Crippen molar-refractivity contribution in [2.24, 2.45) is 0 Å². The molecule has 1 aromatic rings. The van der Waals surface area contributed by atoms with Crippen molar-refractivity contribution in [1.29, 1.82) is 0 Å². The summed E-state index contributed by atoms with van der Waals surface area (Å²) in [4.78, 5) is 2.47. The molecule has 2 heterocycles. The zero-order chi connectivity index (χ0) is 14.9. The second kappa shape index (κ2) is 5.92. The molecule has 6 nitrogen and oxygen atoms in total. The van der Waals surface area contributed by atoms with E-state index in [9.17, 15) is 8.42 Å². The van der Waals surface area contributed by atoms with Crippen LogP contribution in [0.4, 0.5) is 5.69 Å². The van der Waals surface area contributed by atoms with Gasteiger partial charge in [0.25, 0.3) is 0 Å². The van der Waals surface area contributed by atoms with Crippen molar-refractivity contribution in [3.05, 3.63) is 23.8 Å². The second-order valence-corrected chi connectivity index (χ2v) is 7.40. The Morgan fingerprint density at radius 2 is 1.95 bits per heavy atom. The number of sulfonamides is 1. The van der Waals surface area contributed by atoms with Crippen LogP contribution in [0, 0.1) is 0 Å². The Labute approximate surface area is 125 Å². The molecule has 1 fully saturated rings. The molecule has 3 rings (SSSR count). The van der Waals surface area contributed by atoms with Gasteiger partial charge >= 0.3 is 0 Å². The van der Waals surface area contributed by atoms with Crippen LogP contribution in [0.3, 0.4) is 0 Å². The normalized spacial score (nSPS) is 20.2. The Morgan fingerprint density at radius 3 is 2.67 bits per heavy atom. The molecule has 2 N–H and O–H groups in total. The summed E-state index contributed by atoms with van der Waals surface area (Å²) < 4.78 is 26.9. The summed E-state index contributed by atoms with van der Waals surface area (Å²) in [7, 11) is -3.41. The number of nitrogens with one attached hydrogen (secondary N) is 1. The largest absolute Gasteiger partial charge is 0.395 e. The standard InChI is InChI=1S/C14H21N3O3S/c18-10-9-16-5-7-17(8-6-16)21(19,20)13-1-2-14-12(11-13)3-4-15-14/h1-2,11,15,18H,3-10H2. The molecule has 21 heavy (non-hydrogen) atoms. The molecule has 1 saturated heterocycles. The average Bonchev–Trinajstić information content (AvgIpc) is 2.95. The van der Waals surface area contributed by atoms with Crippen molar-refractivity contribution < 1.29 is 13.5 Å². The topological polar surface area (TPSA) is 72.9 Å². The van der Waals surface area contributed by atoms with E-state index in [0.717, 1.165) is 24.2 Å². The summed E-state index contributed by atoms with van der Waals surface area (Å²) in [5, 5.41) is 12.2. The van der Waals surface area contributed by atoms with Crippen LogP contribution in [-0.4, -0.2) is 68.6 Å². The molecule has 0 radical (unpaired) electrons. The van der Waals surface area contributed by atoms with E-state index < -0.39 is 10.0 Å². The molecule has 116 valence electrons. The molecule has 7 heteroatoms. The Kier molecular flexibility index (Phi) is 4.17. The Morgan fingerprint density at radius 1 is 1.19 bits per heavy atom. The van der Waals surface area contributed by atoms with Crippen LogP contribution in [0.5, 0.6) is 0 Å². The van der Waals surface area contributed by atoms with Crippen LogP contribution in [0.15, 0.2) is 23.1 Å². The number of hydrogen-bond acceptors (Lipinski definition) is 5. The molecule has 1 aromatic carbocycles. The first-order valence-electron chi connectivity index (χ1n) is 7.31. The molecular weight excluding hydrogens is 290 g/mol. The molecule has 0 unspecified atom stereocenters. The first-order chi connectivity index (χ1) is 10.1. The number of nitrogens with zero attached hydrogens (tertiary/aromatic N) is 2. The molecule has 0 aromatic heterocycles. The predicted octanol–water partition coefficient (Wildman–Crippen LogP) is -0.0468. The van der Waals surface area contributed by atoms with Crippen molar-refractivity contribution in [2.75, 3.05) is 51.2 Å². The van der Waals surface area contributed by atoms with Crippen LogP contribution in [0.2, 0.25) is 0 Å². The van der Waals surface area contributed by atoms with Gasteiger partial charge in [0.15, 0.2) is 0 Å². The molecular formula is C14H21N3O3S. The summed E-state index contributed by atoms with van der Waals surface area (Å²) in [5.74, 6) is 0. The monoisotopic (exact) mass is 311 g/mol. The minimum atomic E-state index is -3.41. The van der Waals surface area contributed by atoms with E-state index in [4.69, 9.17) is 5.11 Å². The average molecular weight is 311 g/mol. The number of rotatable bonds is 4. The third-order valence-electron chi connectivity index (χ3n) is 4.17. The smallest absolute Gasteiger partial charge is 0.243 e. The van der Waals surface area contributed by atoms with E-state index in [0.29, 0.717) is 37.6 Å². The van der Waals surface area contributed by atoms with Crippen LogP contribution in [0.25, 0.3) is 0 Å². The Balaban J connectivity index is 1.75. The van der Waals surface area contributed by atoms with Gasteiger partial charge in [0.05, 0.1) is 11.5 Å². The van der Waals surface area contributed by atoms with Crippen molar-refractivity contribution in [3.8, 4) is 0 Å². The summed E-state index contributed by atoms with van der Waals surface area (Å²) in [6.45, 7) is 3.91. The lowest BCUT2D eigenvalue weighted by Gasteiger charge is -2.33. The minimum absolute atomic E-state index is 0.116. The lowest BCUT2D eigenvalue weighted by Crippen LogP contribution is -2.49. The fourth-order valence-electron chi connectivity index (χ4n) is 2.93. The summed E-state index contributed by atoms with van der Waals surface area (Å²) in [6.07, 6.45) is 0.878. The van der Waals surface area contributed by atoms with E-state index in [2.05, 4.69) is 10.2 Å². The zero-order valence-electron chi connectivity index (χ0n) is 12.0. The highest BCUT2D eigenvalue weighted by Gasteiger charge is 2.29. The fraction of sp³-hybridized carbons (Fsp3) is 0.571. The van der Waals surface area contributed by atoms with E-state index in [1.165, 1.54) is 0 Å². The summed E-state index contributed by atoms with van der Waals surface area (Å²) in [6, 6.07) is 5.34. The SMILES string of the molecule is O=S(=O)(c1ccc2c(c1)CCN2)N1CCN(CCO)CC1. The molecule has 0 bridgehead atoms. The van der Waals surface area contributed by atoms with E-state index >= 15 is 0 Å². The third kappa shape index (κ3) is 2.91. The highest BCUT2D eigenvalue weighted by molar-refractivity contribution is 7.89. The molecule has 2 aliphatic heterocycles. The molecule has 0 amide bonds. The van der Waals surface area contributed by atoms with E-state index in [1.54, 1.807) is 16.4 Å². The molecule has 0 spiro atoms. The van der Waals surface area contributed by atoms with Gasteiger partial charge in [-0.2, -0.15) is 4.31 Å². The minimum Gasteiger partial charge on any atom is -0.395 e. The van der Waals surface area contributed by atoms with Gasteiger partial charge in [-0.05, 0) is 30.2 Å². The van der Waals surface area contributed by atoms with Crippen LogP contribution >= 0.6 is 0 Å². The number of anilines is 1. The number of piperazine rings is 1. The van der Waals surface area contributed by atoms with Crippen molar-refractivity contribution >= 4 is 15.7 Å². The van der Waals surface area contributed by atoms with Crippen molar-refractivity contribution in [2.45, 2.75) is 11.3 Å². The lowest BCUT2D eigenvalue weighted by molar-refractivity contribution is 0.151. The number of aliphatic hydroxyl groups is 1. The summed E-state index contributed by atoms with van der Waals surface area (Å²) in [5.41, 5.74) is 2.12. The molecule has 0 saturated carbocycles. The van der Waals surface area contributed by atoms with Crippen molar-refractivity contribution in [1.82, 2.24) is 9.21 Å². The maximum absolute atomic E-state index is 12.7. The van der Waals surface area contributed by atoms with Gasteiger partial charge in [-0.25, -0.2) is 8.42 Å². The van der Waals surface area contributed by atoms with Gasteiger partial charge in [0.1, 0.15) is 0 Å². The highest BCUT2D eigenvalue weighted by atomic mass is 32.2. The zero-order valence-corrected chi connectivity index (χ0v) is 12.8. The van der Waals surface area contributed by atoms with Gasteiger partial charge in [-0.3, -0.25) is 4.90 Å². The quantitative estimate of drug-likeness (QED) is 0.816. The van der Waals surface area contributed by atoms with Crippen molar-refractivity contribution in [3.63, 3.8) is 0 Å². The molecule has 2 aliphatic rings. The maximum atomic E-state index is 12.7. The van der Waals surface area contributed by atoms with Gasteiger partial charge in [-0.15, -0.1) is 0 Å². The van der Waals surface area contributed by atoms with Gasteiger partial charge < -0.3 is 10.4 Å².